The number of rotatable bonds is 9. The zero-order chi connectivity index (χ0) is 22.9. The molecule has 1 unspecified atom stereocenters. The largest absolute Gasteiger partial charge is 0.483 e. The van der Waals surface area contributed by atoms with Crippen molar-refractivity contribution in [3.8, 4) is 17.2 Å². The molecule has 1 heterocycles. The van der Waals surface area contributed by atoms with E-state index < -0.39 is 0 Å². The van der Waals surface area contributed by atoms with Gasteiger partial charge in [-0.3, -0.25) is 14.6 Å². The van der Waals surface area contributed by atoms with Gasteiger partial charge in [-0.1, -0.05) is 25.1 Å². The van der Waals surface area contributed by atoms with E-state index in [-0.39, 0.29) is 24.5 Å². The highest BCUT2D eigenvalue weighted by Gasteiger charge is 2.19. The van der Waals surface area contributed by atoms with Crippen molar-refractivity contribution in [2.75, 3.05) is 20.7 Å². The lowest BCUT2D eigenvalue weighted by Gasteiger charge is -2.21. The Morgan fingerprint density at radius 3 is 2.41 bits per heavy atom. The van der Waals surface area contributed by atoms with Gasteiger partial charge in [0.1, 0.15) is 17.2 Å². The summed E-state index contributed by atoms with van der Waals surface area (Å²) in [4.78, 5) is 30.2. The summed E-state index contributed by atoms with van der Waals surface area (Å²) in [6.07, 6.45) is 3.96. The molecule has 0 spiro atoms. The number of amides is 2. The molecule has 7 heteroatoms. The average molecular weight is 434 g/mol. The monoisotopic (exact) mass is 433 g/mol. The summed E-state index contributed by atoms with van der Waals surface area (Å²) in [5.41, 5.74) is 1.34. The Kier molecular flexibility index (Phi) is 7.80. The number of nitrogens with zero attached hydrogens (tertiary/aromatic N) is 2. The van der Waals surface area contributed by atoms with Gasteiger partial charge < -0.3 is 19.7 Å². The van der Waals surface area contributed by atoms with Crippen LogP contribution in [0.4, 0.5) is 0 Å². The number of benzene rings is 2. The van der Waals surface area contributed by atoms with Gasteiger partial charge in [0.05, 0.1) is 12.2 Å². The SMILES string of the molecule is CCC(NC(=O)c1ccc(Oc2cccnc2)cc1)c1ccccc1OCC(=O)N(C)C. The van der Waals surface area contributed by atoms with E-state index in [1.54, 1.807) is 62.9 Å². The van der Waals surface area contributed by atoms with Crippen LogP contribution in [0.5, 0.6) is 17.2 Å². The minimum atomic E-state index is -0.264. The fraction of sp³-hybridized carbons (Fsp3) is 0.240. The number of nitrogens with one attached hydrogen (secondary N) is 1. The molecular formula is C25H27N3O4. The number of aromatic nitrogens is 1. The fourth-order valence-corrected chi connectivity index (χ4v) is 3.03. The summed E-state index contributed by atoms with van der Waals surface area (Å²) in [5, 5.41) is 3.05. The van der Waals surface area contributed by atoms with Crippen LogP contribution >= 0.6 is 0 Å². The van der Waals surface area contributed by atoms with Gasteiger partial charge in [0, 0.05) is 31.4 Å². The van der Waals surface area contributed by atoms with Crippen molar-refractivity contribution in [2.45, 2.75) is 19.4 Å². The molecule has 0 saturated carbocycles. The van der Waals surface area contributed by atoms with E-state index in [4.69, 9.17) is 9.47 Å². The molecule has 0 aliphatic carbocycles. The van der Waals surface area contributed by atoms with E-state index >= 15 is 0 Å². The molecule has 7 nitrogen and oxygen atoms in total. The molecule has 3 aromatic rings. The number of hydrogen-bond acceptors (Lipinski definition) is 5. The summed E-state index contributed by atoms with van der Waals surface area (Å²) in [6, 6.07) is 17.7. The lowest BCUT2D eigenvalue weighted by molar-refractivity contribution is -0.130. The van der Waals surface area contributed by atoms with E-state index in [2.05, 4.69) is 10.3 Å². The third-order valence-electron chi connectivity index (χ3n) is 4.84. The van der Waals surface area contributed by atoms with Gasteiger partial charge in [0.25, 0.3) is 11.8 Å². The molecule has 1 aromatic heterocycles. The minimum Gasteiger partial charge on any atom is -0.483 e. The van der Waals surface area contributed by atoms with Gasteiger partial charge >= 0.3 is 0 Å². The van der Waals surface area contributed by atoms with E-state index in [1.807, 2.05) is 31.2 Å². The second-order valence-electron chi connectivity index (χ2n) is 7.36. The van der Waals surface area contributed by atoms with Gasteiger partial charge in [0.15, 0.2) is 6.61 Å². The molecular weight excluding hydrogens is 406 g/mol. The van der Waals surface area contributed by atoms with Gasteiger partial charge in [-0.05, 0) is 48.9 Å². The Labute approximate surface area is 188 Å². The van der Waals surface area contributed by atoms with Crippen LogP contribution in [-0.2, 0) is 4.79 Å². The summed E-state index contributed by atoms with van der Waals surface area (Å²) in [6.45, 7) is 1.92. The Balaban J connectivity index is 1.68. The zero-order valence-corrected chi connectivity index (χ0v) is 18.4. The lowest BCUT2D eigenvalue weighted by atomic mass is 10.0. The standard InChI is InChI=1S/C25H27N3O4/c1-4-22(21-9-5-6-10-23(21)31-17-24(29)28(2)3)27-25(30)18-11-13-19(14-12-18)32-20-8-7-15-26-16-20/h5-16,22H,4,17H2,1-3H3,(H,27,30). The molecule has 0 bridgehead atoms. The molecule has 0 fully saturated rings. The van der Waals surface area contributed by atoms with Crippen molar-refractivity contribution in [3.63, 3.8) is 0 Å². The molecule has 0 saturated heterocycles. The Hall–Kier alpha value is -3.87. The zero-order valence-electron chi connectivity index (χ0n) is 18.4. The topological polar surface area (TPSA) is 80.8 Å². The maximum Gasteiger partial charge on any atom is 0.259 e. The first-order valence-corrected chi connectivity index (χ1v) is 10.4. The molecule has 3 rings (SSSR count). The third-order valence-corrected chi connectivity index (χ3v) is 4.84. The van der Waals surface area contributed by atoms with Crippen LogP contribution in [0.2, 0.25) is 0 Å². The van der Waals surface area contributed by atoms with Crippen molar-refractivity contribution in [3.05, 3.63) is 84.2 Å². The molecule has 166 valence electrons. The lowest BCUT2D eigenvalue weighted by Crippen LogP contribution is -2.30. The van der Waals surface area contributed by atoms with E-state index in [9.17, 15) is 9.59 Å². The first-order valence-electron chi connectivity index (χ1n) is 10.4. The predicted molar refractivity (Wildman–Crippen MR) is 122 cm³/mol. The Bertz CT molecular complexity index is 1040. The van der Waals surface area contributed by atoms with Gasteiger partial charge in [-0.25, -0.2) is 0 Å². The van der Waals surface area contributed by atoms with Crippen LogP contribution in [0.1, 0.15) is 35.3 Å². The number of hydrogen-bond donors (Lipinski definition) is 1. The van der Waals surface area contributed by atoms with Crippen molar-refractivity contribution < 1.29 is 19.1 Å². The number of carbonyl (C=O) groups is 2. The Morgan fingerprint density at radius 1 is 1.00 bits per heavy atom. The smallest absolute Gasteiger partial charge is 0.259 e. The number of ether oxygens (including phenoxy) is 2. The maximum absolute atomic E-state index is 12.9. The van der Waals surface area contributed by atoms with Crippen LogP contribution in [-0.4, -0.2) is 42.4 Å². The van der Waals surface area contributed by atoms with Crippen LogP contribution in [0, 0.1) is 0 Å². The summed E-state index contributed by atoms with van der Waals surface area (Å²) < 4.78 is 11.5. The van der Waals surface area contributed by atoms with E-state index in [1.165, 1.54) is 4.90 Å². The fourth-order valence-electron chi connectivity index (χ4n) is 3.03. The number of likely N-dealkylation sites (N-methyl/N-ethyl adjacent to an activating group) is 1. The summed E-state index contributed by atoms with van der Waals surface area (Å²) >= 11 is 0. The maximum atomic E-state index is 12.9. The molecule has 0 radical (unpaired) electrons. The highest BCUT2D eigenvalue weighted by Crippen LogP contribution is 2.28. The Morgan fingerprint density at radius 2 is 1.75 bits per heavy atom. The number of carbonyl (C=O) groups excluding carboxylic acids is 2. The molecule has 0 aliphatic heterocycles. The van der Waals surface area contributed by atoms with Crippen molar-refractivity contribution in [2.24, 2.45) is 0 Å². The highest BCUT2D eigenvalue weighted by molar-refractivity contribution is 5.94. The molecule has 1 atom stereocenters. The third kappa shape index (κ3) is 6.07. The second kappa shape index (κ2) is 10.9. The normalized spacial score (nSPS) is 11.3. The van der Waals surface area contributed by atoms with Crippen LogP contribution in [0.3, 0.4) is 0 Å². The van der Waals surface area contributed by atoms with Gasteiger partial charge in [-0.2, -0.15) is 0 Å². The average Bonchev–Trinajstić information content (AvgIpc) is 2.82. The van der Waals surface area contributed by atoms with Gasteiger partial charge in [0.2, 0.25) is 0 Å². The first kappa shape index (κ1) is 22.8. The van der Waals surface area contributed by atoms with E-state index in [0.29, 0.717) is 29.2 Å². The highest BCUT2D eigenvalue weighted by atomic mass is 16.5. The van der Waals surface area contributed by atoms with Crippen molar-refractivity contribution in [1.82, 2.24) is 15.2 Å². The van der Waals surface area contributed by atoms with E-state index in [0.717, 1.165) is 5.56 Å². The predicted octanol–water partition coefficient (Wildman–Crippen LogP) is 4.22. The molecule has 1 N–H and O–H groups in total. The summed E-state index contributed by atoms with van der Waals surface area (Å²) in [7, 11) is 3.36. The number of pyridine rings is 1. The van der Waals surface area contributed by atoms with Crippen LogP contribution in [0.15, 0.2) is 73.1 Å². The second-order valence-corrected chi connectivity index (χ2v) is 7.36. The summed E-state index contributed by atoms with van der Waals surface area (Å²) in [5.74, 6) is 1.48. The molecule has 2 aromatic carbocycles. The van der Waals surface area contributed by atoms with Gasteiger partial charge in [-0.15, -0.1) is 0 Å². The molecule has 2 amide bonds. The first-order chi connectivity index (χ1) is 15.5. The van der Waals surface area contributed by atoms with Crippen LogP contribution < -0.4 is 14.8 Å². The minimum absolute atomic E-state index is 0.0627. The quantitative estimate of drug-likeness (QED) is 0.546. The van der Waals surface area contributed by atoms with Crippen molar-refractivity contribution >= 4 is 11.8 Å². The molecule has 0 aliphatic rings. The van der Waals surface area contributed by atoms with Crippen molar-refractivity contribution in [1.29, 1.82) is 0 Å². The molecule has 32 heavy (non-hydrogen) atoms. The van der Waals surface area contributed by atoms with Crippen LogP contribution in [0.25, 0.3) is 0 Å². The number of para-hydroxylation sites is 1.